The van der Waals surface area contributed by atoms with Crippen LogP contribution >= 0.6 is 23.2 Å². The van der Waals surface area contributed by atoms with Gasteiger partial charge in [-0.25, -0.2) is 9.97 Å². The lowest BCUT2D eigenvalue weighted by molar-refractivity contribution is 0.546. The van der Waals surface area contributed by atoms with E-state index in [9.17, 15) is 0 Å². The fourth-order valence-electron chi connectivity index (χ4n) is 1.81. The molecule has 106 valence electrons. The highest BCUT2D eigenvalue weighted by Crippen LogP contribution is 2.34. The van der Waals surface area contributed by atoms with Crippen molar-refractivity contribution in [3.63, 3.8) is 0 Å². The second-order valence-electron chi connectivity index (χ2n) is 5.78. The molecule has 0 aliphatic heterocycles. The maximum Gasteiger partial charge on any atom is 0.136 e. The summed E-state index contributed by atoms with van der Waals surface area (Å²) < 4.78 is 0. The first-order chi connectivity index (χ1) is 9.20. The Morgan fingerprint density at radius 1 is 1.10 bits per heavy atom. The van der Waals surface area contributed by atoms with Crippen LogP contribution < -0.4 is 5.73 Å². The topological polar surface area (TPSA) is 51.8 Å². The highest BCUT2D eigenvalue weighted by Gasteiger charge is 2.21. The molecule has 0 saturated carbocycles. The molecule has 20 heavy (non-hydrogen) atoms. The SMILES string of the molecule is Cc1c(N)nc(C(C)(C)C)nc1-c1cc(Cl)ccc1Cl. The number of hydrogen-bond donors (Lipinski definition) is 1. The minimum absolute atomic E-state index is 0.193. The first-order valence-corrected chi connectivity index (χ1v) is 7.06. The summed E-state index contributed by atoms with van der Waals surface area (Å²) in [6, 6.07) is 5.30. The Hall–Kier alpha value is -1.32. The predicted octanol–water partition coefficient (Wildman–Crippen LogP) is 4.64. The fraction of sp³-hybridized carbons (Fsp3) is 0.333. The van der Waals surface area contributed by atoms with Gasteiger partial charge < -0.3 is 5.73 Å². The fourth-order valence-corrected chi connectivity index (χ4v) is 2.19. The second kappa shape index (κ2) is 5.23. The van der Waals surface area contributed by atoms with Gasteiger partial charge in [0.05, 0.1) is 10.7 Å². The van der Waals surface area contributed by atoms with Gasteiger partial charge >= 0.3 is 0 Å². The third kappa shape index (κ3) is 2.89. The Labute approximate surface area is 129 Å². The van der Waals surface area contributed by atoms with Gasteiger partial charge in [0.25, 0.3) is 0 Å². The Bertz CT molecular complexity index is 661. The van der Waals surface area contributed by atoms with Gasteiger partial charge in [-0.2, -0.15) is 0 Å². The van der Waals surface area contributed by atoms with Crippen LogP contribution in [0.4, 0.5) is 5.82 Å². The number of aromatic nitrogens is 2. The first kappa shape index (κ1) is 15.1. The van der Waals surface area contributed by atoms with E-state index in [1.54, 1.807) is 18.2 Å². The molecule has 0 spiro atoms. The van der Waals surface area contributed by atoms with Crippen molar-refractivity contribution in [2.45, 2.75) is 33.1 Å². The summed E-state index contributed by atoms with van der Waals surface area (Å²) in [5, 5.41) is 1.20. The summed E-state index contributed by atoms with van der Waals surface area (Å²) in [5.41, 5.74) is 8.14. The number of rotatable bonds is 1. The molecule has 0 aliphatic carbocycles. The number of benzene rings is 1. The van der Waals surface area contributed by atoms with Gasteiger partial charge in [-0.3, -0.25) is 0 Å². The van der Waals surface area contributed by atoms with Crippen LogP contribution in [0.2, 0.25) is 10.0 Å². The van der Waals surface area contributed by atoms with Gasteiger partial charge in [0.2, 0.25) is 0 Å². The van der Waals surface area contributed by atoms with E-state index < -0.39 is 0 Å². The average molecular weight is 310 g/mol. The summed E-state index contributed by atoms with van der Waals surface area (Å²) in [6.45, 7) is 8.01. The van der Waals surface area contributed by atoms with Crippen molar-refractivity contribution >= 4 is 29.0 Å². The molecule has 0 unspecified atom stereocenters. The van der Waals surface area contributed by atoms with Crippen molar-refractivity contribution < 1.29 is 0 Å². The first-order valence-electron chi connectivity index (χ1n) is 6.30. The van der Waals surface area contributed by atoms with Crippen molar-refractivity contribution in [1.29, 1.82) is 0 Å². The van der Waals surface area contributed by atoms with Crippen LogP contribution in [0.1, 0.15) is 32.2 Å². The summed E-state index contributed by atoms with van der Waals surface area (Å²) >= 11 is 12.3. The molecule has 0 atom stereocenters. The molecule has 0 bridgehead atoms. The second-order valence-corrected chi connectivity index (χ2v) is 6.62. The van der Waals surface area contributed by atoms with E-state index in [0.717, 1.165) is 16.8 Å². The number of nitrogen functional groups attached to an aromatic ring is 1. The van der Waals surface area contributed by atoms with Gasteiger partial charge in [0.1, 0.15) is 11.6 Å². The van der Waals surface area contributed by atoms with Crippen molar-refractivity contribution in [2.75, 3.05) is 5.73 Å². The molecule has 0 saturated heterocycles. The lowest BCUT2D eigenvalue weighted by Gasteiger charge is -2.19. The molecule has 0 fully saturated rings. The minimum Gasteiger partial charge on any atom is -0.383 e. The smallest absolute Gasteiger partial charge is 0.136 e. The van der Waals surface area contributed by atoms with Crippen LogP contribution in [0.5, 0.6) is 0 Å². The van der Waals surface area contributed by atoms with E-state index >= 15 is 0 Å². The molecule has 2 N–H and O–H groups in total. The van der Waals surface area contributed by atoms with Crippen molar-refractivity contribution in [3.05, 3.63) is 39.6 Å². The third-order valence-electron chi connectivity index (χ3n) is 3.04. The standard InChI is InChI=1S/C15H17Cl2N3/c1-8-12(10-7-9(16)5-6-11(10)17)19-14(15(2,3)4)20-13(8)18/h5-7H,1-4H3,(H2,18,19,20). The van der Waals surface area contributed by atoms with Crippen LogP contribution in [0.15, 0.2) is 18.2 Å². The monoisotopic (exact) mass is 309 g/mol. The number of anilines is 1. The van der Waals surface area contributed by atoms with Gasteiger partial charge in [-0.15, -0.1) is 0 Å². The zero-order valence-electron chi connectivity index (χ0n) is 12.0. The van der Waals surface area contributed by atoms with E-state index in [0.29, 0.717) is 21.7 Å². The Morgan fingerprint density at radius 3 is 2.35 bits per heavy atom. The van der Waals surface area contributed by atoms with Crippen molar-refractivity contribution in [1.82, 2.24) is 9.97 Å². The van der Waals surface area contributed by atoms with Gasteiger partial charge in [0, 0.05) is 21.6 Å². The maximum atomic E-state index is 6.26. The van der Waals surface area contributed by atoms with Gasteiger partial charge in [-0.05, 0) is 25.1 Å². The maximum absolute atomic E-state index is 6.26. The number of halogens is 2. The van der Waals surface area contributed by atoms with Gasteiger partial charge in [-0.1, -0.05) is 44.0 Å². The third-order valence-corrected chi connectivity index (χ3v) is 3.60. The van der Waals surface area contributed by atoms with E-state index in [2.05, 4.69) is 9.97 Å². The van der Waals surface area contributed by atoms with Crippen molar-refractivity contribution in [2.24, 2.45) is 0 Å². The number of hydrogen-bond acceptors (Lipinski definition) is 3. The summed E-state index contributed by atoms with van der Waals surface area (Å²) in [4.78, 5) is 9.02. The van der Waals surface area contributed by atoms with Crippen LogP contribution in [-0.4, -0.2) is 9.97 Å². The summed E-state index contributed by atoms with van der Waals surface area (Å²) in [6.07, 6.45) is 0. The Kier molecular flexibility index (Phi) is 3.94. The average Bonchev–Trinajstić information content (AvgIpc) is 2.34. The number of nitrogens with zero attached hydrogens (tertiary/aromatic N) is 2. The highest BCUT2D eigenvalue weighted by molar-refractivity contribution is 6.35. The minimum atomic E-state index is -0.193. The van der Waals surface area contributed by atoms with E-state index in [-0.39, 0.29) is 5.41 Å². The lowest BCUT2D eigenvalue weighted by atomic mass is 9.95. The van der Waals surface area contributed by atoms with Crippen LogP contribution in [0, 0.1) is 6.92 Å². The molecular weight excluding hydrogens is 293 g/mol. The zero-order chi connectivity index (χ0) is 15.1. The zero-order valence-corrected chi connectivity index (χ0v) is 13.5. The Morgan fingerprint density at radius 2 is 1.75 bits per heavy atom. The molecule has 1 aromatic carbocycles. The molecule has 2 rings (SSSR count). The molecule has 0 amide bonds. The molecule has 3 nitrogen and oxygen atoms in total. The predicted molar refractivity (Wildman–Crippen MR) is 85.3 cm³/mol. The molecule has 1 heterocycles. The lowest BCUT2D eigenvalue weighted by Crippen LogP contribution is -2.18. The van der Waals surface area contributed by atoms with E-state index in [1.165, 1.54) is 0 Å². The normalized spacial score (nSPS) is 11.7. The largest absolute Gasteiger partial charge is 0.383 e. The molecule has 1 aromatic heterocycles. The Balaban J connectivity index is 2.73. The van der Waals surface area contributed by atoms with E-state index in [4.69, 9.17) is 28.9 Å². The number of nitrogens with two attached hydrogens (primary N) is 1. The highest BCUT2D eigenvalue weighted by atomic mass is 35.5. The van der Waals surface area contributed by atoms with Crippen LogP contribution in [0.3, 0.4) is 0 Å². The van der Waals surface area contributed by atoms with E-state index in [1.807, 2.05) is 27.7 Å². The van der Waals surface area contributed by atoms with Crippen LogP contribution in [-0.2, 0) is 5.41 Å². The van der Waals surface area contributed by atoms with Crippen LogP contribution in [0.25, 0.3) is 11.3 Å². The quantitative estimate of drug-likeness (QED) is 0.835. The molecule has 5 heteroatoms. The summed E-state index contributed by atoms with van der Waals surface area (Å²) in [5.74, 6) is 1.16. The molecule has 0 radical (unpaired) electrons. The van der Waals surface area contributed by atoms with Gasteiger partial charge in [0.15, 0.2) is 0 Å². The summed E-state index contributed by atoms with van der Waals surface area (Å²) in [7, 11) is 0. The van der Waals surface area contributed by atoms with Crippen molar-refractivity contribution in [3.8, 4) is 11.3 Å². The molecule has 0 aliphatic rings. The molecule has 2 aromatic rings. The molecular formula is C15H17Cl2N3.